The maximum atomic E-state index is 6.84. The number of guanidine groups is 1. The second kappa shape index (κ2) is 5.94. The summed E-state index contributed by atoms with van der Waals surface area (Å²) in [5.74, 6) is 0.0167. The van der Waals surface area contributed by atoms with Crippen molar-refractivity contribution < 1.29 is 0 Å². The molecule has 0 rings (SSSR count). The molecular weight excluding hydrogens is 142 g/mol. The average molecular weight is 159 g/mol. The fraction of sp³-hybridized carbons (Fsp3) is 0.833. The van der Waals surface area contributed by atoms with Crippen LogP contribution in [0, 0.1) is 5.41 Å². The van der Waals surface area contributed by atoms with Crippen LogP contribution in [0.5, 0.6) is 0 Å². The summed E-state index contributed by atoms with van der Waals surface area (Å²) in [5, 5.41) is 12.5. The third-order valence-corrected chi connectivity index (χ3v) is 1.38. The molecule has 0 aromatic rings. The van der Waals surface area contributed by atoms with E-state index < -0.39 is 0 Å². The number of rotatable bonds is 5. The first-order valence-electron chi connectivity index (χ1n) is 3.67. The van der Waals surface area contributed by atoms with Crippen LogP contribution in [0.25, 0.3) is 0 Å². The summed E-state index contributed by atoms with van der Waals surface area (Å²) < 4.78 is 0. The molecule has 0 aliphatic rings. The van der Waals surface area contributed by atoms with Crippen molar-refractivity contribution in [1.29, 1.82) is 5.41 Å². The fourth-order valence-corrected chi connectivity index (χ4v) is 0.689. The standard InChI is InChI=1S/C6H17N5/c1-10-5(7)3-2-4-11-6(8)9/h5,10H,2-4,7H2,1H3,(H4,8,9,11). The smallest absolute Gasteiger partial charge is 0.185 e. The summed E-state index contributed by atoms with van der Waals surface area (Å²) in [4.78, 5) is 0. The van der Waals surface area contributed by atoms with Crippen LogP contribution in [0.3, 0.4) is 0 Å². The number of hydrogen-bond acceptors (Lipinski definition) is 3. The van der Waals surface area contributed by atoms with Crippen LogP contribution < -0.4 is 22.1 Å². The third-order valence-electron chi connectivity index (χ3n) is 1.38. The molecule has 0 aliphatic carbocycles. The largest absolute Gasteiger partial charge is 0.370 e. The fourth-order valence-electron chi connectivity index (χ4n) is 0.689. The van der Waals surface area contributed by atoms with Crippen LogP contribution in [-0.2, 0) is 0 Å². The van der Waals surface area contributed by atoms with E-state index in [9.17, 15) is 0 Å². The summed E-state index contributed by atoms with van der Waals surface area (Å²) in [6, 6.07) is 0. The van der Waals surface area contributed by atoms with Crippen molar-refractivity contribution in [3.63, 3.8) is 0 Å². The lowest BCUT2D eigenvalue weighted by Gasteiger charge is -2.09. The number of hydrogen-bond donors (Lipinski definition) is 5. The van der Waals surface area contributed by atoms with Crippen molar-refractivity contribution in [3.8, 4) is 0 Å². The summed E-state index contributed by atoms with van der Waals surface area (Å²) >= 11 is 0. The lowest BCUT2D eigenvalue weighted by molar-refractivity contribution is 0.518. The van der Waals surface area contributed by atoms with E-state index in [-0.39, 0.29) is 12.1 Å². The highest BCUT2D eigenvalue weighted by Crippen LogP contribution is 1.87. The molecule has 0 heterocycles. The summed E-state index contributed by atoms with van der Waals surface area (Å²) in [5.41, 5.74) is 10.6. The van der Waals surface area contributed by atoms with E-state index in [2.05, 4.69) is 10.6 Å². The number of nitrogens with two attached hydrogens (primary N) is 2. The van der Waals surface area contributed by atoms with Crippen molar-refractivity contribution in [2.75, 3.05) is 13.6 Å². The monoisotopic (exact) mass is 159 g/mol. The molecule has 0 radical (unpaired) electrons. The first kappa shape index (κ1) is 10.2. The van der Waals surface area contributed by atoms with E-state index in [1.54, 1.807) is 0 Å². The van der Waals surface area contributed by atoms with Gasteiger partial charge in [0.1, 0.15) is 0 Å². The molecule has 66 valence electrons. The quantitative estimate of drug-likeness (QED) is 0.150. The van der Waals surface area contributed by atoms with Gasteiger partial charge in [0.05, 0.1) is 6.17 Å². The second-order valence-electron chi connectivity index (χ2n) is 2.38. The molecule has 0 saturated heterocycles. The zero-order valence-corrected chi connectivity index (χ0v) is 6.85. The SMILES string of the molecule is CNC(N)CCCNC(=N)N. The van der Waals surface area contributed by atoms with Gasteiger partial charge in [-0.3, -0.25) is 5.41 Å². The molecule has 1 unspecified atom stereocenters. The summed E-state index contributed by atoms with van der Waals surface area (Å²) in [6.45, 7) is 0.713. The predicted molar refractivity (Wildman–Crippen MR) is 46.2 cm³/mol. The Morgan fingerprint density at radius 2 is 2.27 bits per heavy atom. The highest BCUT2D eigenvalue weighted by Gasteiger charge is 1.96. The number of nitrogens with one attached hydrogen (secondary N) is 3. The van der Waals surface area contributed by atoms with Gasteiger partial charge < -0.3 is 22.1 Å². The third kappa shape index (κ3) is 7.08. The lowest BCUT2D eigenvalue weighted by atomic mass is 10.2. The first-order chi connectivity index (χ1) is 5.16. The van der Waals surface area contributed by atoms with Gasteiger partial charge in [-0.05, 0) is 19.9 Å². The molecule has 0 bridgehead atoms. The van der Waals surface area contributed by atoms with E-state index in [4.69, 9.17) is 16.9 Å². The lowest BCUT2D eigenvalue weighted by Crippen LogP contribution is -2.36. The summed E-state index contributed by atoms with van der Waals surface area (Å²) in [7, 11) is 1.82. The minimum atomic E-state index is 0.0167. The van der Waals surface area contributed by atoms with Crippen LogP contribution in [0.2, 0.25) is 0 Å². The molecule has 11 heavy (non-hydrogen) atoms. The Hall–Kier alpha value is -0.810. The second-order valence-corrected chi connectivity index (χ2v) is 2.38. The molecule has 0 amide bonds. The first-order valence-corrected chi connectivity index (χ1v) is 3.67. The predicted octanol–water partition coefficient (Wildman–Crippen LogP) is -1.25. The van der Waals surface area contributed by atoms with Gasteiger partial charge in [0.2, 0.25) is 0 Å². The molecule has 0 aliphatic heterocycles. The Labute approximate surface area is 67.0 Å². The van der Waals surface area contributed by atoms with Crippen LogP contribution in [0.4, 0.5) is 0 Å². The van der Waals surface area contributed by atoms with Crippen molar-refractivity contribution in [2.45, 2.75) is 19.0 Å². The molecule has 0 saturated carbocycles. The molecule has 1 atom stereocenters. The van der Waals surface area contributed by atoms with Crippen LogP contribution >= 0.6 is 0 Å². The normalized spacial score (nSPS) is 12.5. The van der Waals surface area contributed by atoms with E-state index in [0.29, 0.717) is 6.54 Å². The van der Waals surface area contributed by atoms with Crippen LogP contribution in [0.1, 0.15) is 12.8 Å². The van der Waals surface area contributed by atoms with Gasteiger partial charge in [-0.25, -0.2) is 0 Å². The molecule has 7 N–H and O–H groups in total. The Morgan fingerprint density at radius 3 is 2.73 bits per heavy atom. The van der Waals surface area contributed by atoms with Crippen molar-refractivity contribution in [2.24, 2.45) is 11.5 Å². The topological polar surface area (TPSA) is 100.0 Å². The Bertz CT molecular complexity index is 114. The minimum Gasteiger partial charge on any atom is -0.370 e. The Kier molecular flexibility index (Phi) is 5.50. The zero-order valence-electron chi connectivity index (χ0n) is 6.85. The van der Waals surface area contributed by atoms with E-state index in [0.717, 1.165) is 12.8 Å². The molecule has 5 heteroatoms. The maximum absolute atomic E-state index is 6.84. The molecule has 5 nitrogen and oxygen atoms in total. The van der Waals surface area contributed by atoms with Crippen molar-refractivity contribution in [3.05, 3.63) is 0 Å². The van der Waals surface area contributed by atoms with Crippen LogP contribution in [0.15, 0.2) is 0 Å². The zero-order chi connectivity index (χ0) is 8.69. The minimum absolute atomic E-state index is 0.0167. The van der Waals surface area contributed by atoms with Gasteiger partial charge >= 0.3 is 0 Å². The highest BCUT2D eigenvalue weighted by atomic mass is 15.0. The summed E-state index contributed by atoms with van der Waals surface area (Å²) in [6.07, 6.45) is 1.85. The van der Waals surface area contributed by atoms with Crippen LogP contribution in [-0.4, -0.2) is 25.7 Å². The van der Waals surface area contributed by atoms with Gasteiger partial charge in [-0.15, -0.1) is 0 Å². The molecular formula is C6H17N5. The van der Waals surface area contributed by atoms with Gasteiger partial charge in [0.15, 0.2) is 5.96 Å². The molecule has 0 fully saturated rings. The highest BCUT2D eigenvalue weighted by molar-refractivity contribution is 5.74. The average Bonchev–Trinajstić information content (AvgIpc) is 1.97. The molecule has 0 aromatic heterocycles. The van der Waals surface area contributed by atoms with E-state index in [1.165, 1.54) is 0 Å². The van der Waals surface area contributed by atoms with E-state index in [1.807, 2.05) is 7.05 Å². The maximum Gasteiger partial charge on any atom is 0.185 e. The van der Waals surface area contributed by atoms with Crippen molar-refractivity contribution in [1.82, 2.24) is 10.6 Å². The Balaban J connectivity index is 3.08. The van der Waals surface area contributed by atoms with Gasteiger partial charge in [-0.2, -0.15) is 0 Å². The molecule has 0 aromatic carbocycles. The van der Waals surface area contributed by atoms with E-state index >= 15 is 0 Å². The Morgan fingerprint density at radius 1 is 1.64 bits per heavy atom. The van der Waals surface area contributed by atoms with Crippen molar-refractivity contribution >= 4 is 5.96 Å². The van der Waals surface area contributed by atoms with Gasteiger partial charge in [0.25, 0.3) is 0 Å². The molecule has 0 spiro atoms. The van der Waals surface area contributed by atoms with Gasteiger partial charge in [-0.1, -0.05) is 0 Å². The van der Waals surface area contributed by atoms with Gasteiger partial charge in [0, 0.05) is 6.54 Å².